The van der Waals surface area contributed by atoms with Gasteiger partial charge in [-0.05, 0) is 59.2 Å². The molecule has 1 aromatic heterocycles. The molecule has 146 valence electrons. The highest BCUT2D eigenvalue weighted by Crippen LogP contribution is 2.32. The summed E-state index contributed by atoms with van der Waals surface area (Å²) in [5, 5.41) is 12.7. The Morgan fingerprint density at radius 2 is 1.34 bits per heavy atom. The third-order valence-corrected chi connectivity index (χ3v) is 5.62. The van der Waals surface area contributed by atoms with Gasteiger partial charge in [-0.2, -0.15) is 0 Å². The fourth-order valence-electron chi connectivity index (χ4n) is 3.56. The highest BCUT2D eigenvalue weighted by atomic mass is 35.5. The van der Waals surface area contributed by atoms with Gasteiger partial charge in [-0.1, -0.05) is 59.1 Å². The Kier molecular flexibility index (Phi) is 5.55. The number of benzene rings is 3. The molecule has 1 heterocycles. The minimum absolute atomic E-state index is 0.257. The van der Waals surface area contributed by atoms with Gasteiger partial charge in [-0.25, -0.2) is 4.79 Å². The minimum Gasteiger partial charge on any atom is -0.477 e. The first-order valence-electron chi connectivity index (χ1n) is 8.95. The number of hydrogen-bond donors (Lipinski definition) is 1. The number of carboxylic acid groups (broad SMARTS) is 1. The van der Waals surface area contributed by atoms with Gasteiger partial charge in [0.2, 0.25) is 0 Å². The molecular formula is C23H16Cl3NO2. The second kappa shape index (κ2) is 8.11. The zero-order chi connectivity index (χ0) is 20.5. The van der Waals surface area contributed by atoms with E-state index in [1.807, 2.05) is 41.0 Å². The molecule has 0 amide bonds. The molecule has 0 radical (unpaired) electrons. The summed E-state index contributed by atoms with van der Waals surface area (Å²) in [5.41, 5.74) is 3.74. The van der Waals surface area contributed by atoms with Crippen molar-refractivity contribution >= 4 is 51.7 Å². The van der Waals surface area contributed by atoms with Crippen molar-refractivity contribution in [1.29, 1.82) is 0 Å². The van der Waals surface area contributed by atoms with Crippen LogP contribution >= 0.6 is 34.8 Å². The number of carbonyl (C=O) groups is 1. The highest BCUT2D eigenvalue weighted by Gasteiger charge is 2.23. The van der Waals surface area contributed by atoms with Crippen molar-refractivity contribution in [3.05, 3.63) is 104 Å². The zero-order valence-corrected chi connectivity index (χ0v) is 17.5. The first-order chi connectivity index (χ1) is 13.9. The van der Waals surface area contributed by atoms with E-state index in [0.29, 0.717) is 28.0 Å². The van der Waals surface area contributed by atoms with E-state index in [2.05, 4.69) is 0 Å². The third kappa shape index (κ3) is 4.13. The Labute approximate surface area is 183 Å². The van der Waals surface area contributed by atoms with E-state index in [-0.39, 0.29) is 5.69 Å². The standard InChI is InChI=1S/C23H16Cl3NO2/c24-16-5-1-14(2-6-16)11-20-19-12-18(26)9-10-21(19)27(22(20)23(28)29)13-15-3-7-17(25)8-4-15/h1-10,12H,11,13H2,(H,28,29). The lowest BCUT2D eigenvalue weighted by Crippen LogP contribution is -2.11. The molecule has 3 nitrogen and oxygen atoms in total. The number of rotatable bonds is 5. The molecule has 0 spiro atoms. The molecule has 0 aliphatic carbocycles. The number of aromatic carboxylic acids is 1. The van der Waals surface area contributed by atoms with Gasteiger partial charge in [-0.3, -0.25) is 0 Å². The van der Waals surface area contributed by atoms with Crippen LogP contribution in [-0.4, -0.2) is 15.6 Å². The molecule has 0 unspecified atom stereocenters. The number of hydrogen-bond acceptors (Lipinski definition) is 1. The molecule has 0 fully saturated rings. The predicted octanol–water partition coefficient (Wildman–Crippen LogP) is 6.94. The molecule has 6 heteroatoms. The van der Waals surface area contributed by atoms with E-state index < -0.39 is 5.97 Å². The van der Waals surface area contributed by atoms with Crippen molar-refractivity contribution in [1.82, 2.24) is 4.57 Å². The van der Waals surface area contributed by atoms with Gasteiger partial charge in [0.15, 0.2) is 0 Å². The second-order valence-electron chi connectivity index (χ2n) is 6.81. The molecule has 29 heavy (non-hydrogen) atoms. The predicted molar refractivity (Wildman–Crippen MR) is 119 cm³/mol. The zero-order valence-electron chi connectivity index (χ0n) is 15.2. The molecule has 0 aliphatic rings. The van der Waals surface area contributed by atoms with Crippen LogP contribution in [0.25, 0.3) is 10.9 Å². The van der Waals surface area contributed by atoms with E-state index in [9.17, 15) is 9.90 Å². The first kappa shape index (κ1) is 19.8. The van der Waals surface area contributed by atoms with Crippen molar-refractivity contribution < 1.29 is 9.90 Å². The van der Waals surface area contributed by atoms with E-state index in [4.69, 9.17) is 34.8 Å². The summed E-state index contributed by atoms with van der Waals surface area (Å²) in [4.78, 5) is 12.3. The van der Waals surface area contributed by atoms with Crippen LogP contribution in [0.2, 0.25) is 15.1 Å². The van der Waals surface area contributed by atoms with Crippen molar-refractivity contribution in [3.8, 4) is 0 Å². The van der Waals surface area contributed by atoms with E-state index >= 15 is 0 Å². The van der Waals surface area contributed by atoms with Gasteiger partial charge >= 0.3 is 5.97 Å². The molecule has 0 bridgehead atoms. The number of nitrogens with zero attached hydrogens (tertiary/aromatic N) is 1. The Hall–Kier alpha value is -2.46. The maximum Gasteiger partial charge on any atom is 0.352 e. The van der Waals surface area contributed by atoms with Gasteiger partial charge < -0.3 is 9.67 Å². The first-order valence-corrected chi connectivity index (χ1v) is 10.1. The quantitative estimate of drug-likeness (QED) is 0.362. The SMILES string of the molecule is O=C(O)c1c(Cc2ccc(Cl)cc2)c2cc(Cl)ccc2n1Cc1ccc(Cl)cc1. The summed E-state index contributed by atoms with van der Waals surface area (Å²) in [5.74, 6) is -0.977. The lowest BCUT2D eigenvalue weighted by atomic mass is 10.0. The number of halogens is 3. The van der Waals surface area contributed by atoms with Crippen molar-refractivity contribution in [2.45, 2.75) is 13.0 Å². The molecule has 4 rings (SSSR count). The van der Waals surface area contributed by atoms with Crippen LogP contribution in [0, 0.1) is 0 Å². The topological polar surface area (TPSA) is 42.2 Å². The average molecular weight is 445 g/mol. The van der Waals surface area contributed by atoms with Gasteiger partial charge in [0, 0.05) is 38.9 Å². The van der Waals surface area contributed by atoms with Crippen LogP contribution < -0.4 is 0 Å². The van der Waals surface area contributed by atoms with Crippen LogP contribution in [-0.2, 0) is 13.0 Å². The average Bonchev–Trinajstić information content (AvgIpc) is 2.98. The Morgan fingerprint density at radius 3 is 1.93 bits per heavy atom. The minimum atomic E-state index is -0.977. The monoisotopic (exact) mass is 443 g/mol. The normalized spacial score (nSPS) is 11.1. The lowest BCUT2D eigenvalue weighted by molar-refractivity contribution is 0.0685. The van der Waals surface area contributed by atoms with Crippen LogP contribution in [0.3, 0.4) is 0 Å². The van der Waals surface area contributed by atoms with Gasteiger partial charge in [0.25, 0.3) is 0 Å². The Balaban J connectivity index is 1.90. The summed E-state index contributed by atoms with van der Waals surface area (Å²) in [6.45, 7) is 0.414. The maximum absolute atomic E-state index is 12.3. The van der Waals surface area contributed by atoms with Crippen molar-refractivity contribution in [2.24, 2.45) is 0 Å². The van der Waals surface area contributed by atoms with E-state index in [0.717, 1.165) is 27.6 Å². The molecule has 0 saturated carbocycles. The summed E-state index contributed by atoms with van der Waals surface area (Å²) in [7, 11) is 0. The number of aromatic nitrogens is 1. The second-order valence-corrected chi connectivity index (χ2v) is 8.12. The van der Waals surface area contributed by atoms with Crippen LogP contribution in [0.15, 0.2) is 66.7 Å². The smallest absolute Gasteiger partial charge is 0.352 e. The van der Waals surface area contributed by atoms with E-state index in [1.165, 1.54) is 0 Å². The Morgan fingerprint density at radius 1 is 0.793 bits per heavy atom. The molecule has 0 saturated heterocycles. The molecule has 0 atom stereocenters. The molecule has 3 aromatic carbocycles. The summed E-state index contributed by atoms with van der Waals surface area (Å²) in [6, 6.07) is 20.3. The summed E-state index contributed by atoms with van der Waals surface area (Å²) >= 11 is 18.2. The van der Waals surface area contributed by atoms with Gasteiger partial charge in [-0.15, -0.1) is 0 Å². The molecule has 4 aromatic rings. The molecular weight excluding hydrogens is 429 g/mol. The fourth-order valence-corrected chi connectivity index (χ4v) is 3.99. The van der Waals surface area contributed by atoms with Crippen LogP contribution in [0.5, 0.6) is 0 Å². The van der Waals surface area contributed by atoms with Gasteiger partial charge in [0.1, 0.15) is 5.69 Å². The van der Waals surface area contributed by atoms with Crippen molar-refractivity contribution in [2.75, 3.05) is 0 Å². The highest BCUT2D eigenvalue weighted by molar-refractivity contribution is 6.31. The van der Waals surface area contributed by atoms with Crippen LogP contribution in [0.1, 0.15) is 27.2 Å². The molecule has 0 aliphatic heterocycles. The lowest BCUT2D eigenvalue weighted by Gasteiger charge is -2.10. The largest absolute Gasteiger partial charge is 0.477 e. The van der Waals surface area contributed by atoms with Crippen LogP contribution in [0.4, 0.5) is 0 Å². The fraction of sp³-hybridized carbons (Fsp3) is 0.0870. The Bertz CT molecular complexity index is 1200. The van der Waals surface area contributed by atoms with Crippen molar-refractivity contribution in [3.63, 3.8) is 0 Å². The van der Waals surface area contributed by atoms with E-state index in [1.54, 1.807) is 30.3 Å². The molecule has 1 N–H and O–H groups in total. The summed E-state index contributed by atoms with van der Waals surface area (Å²) < 4.78 is 1.82. The van der Waals surface area contributed by atoms with Gasteiger partial charge in [0.05, 0.1) is 0 Å². The maximum atomic E-state index is 12.3. The summed E-state index contributed by atoms with van der Waals surface area (Å²) in [6.07, 6.45) is 0.462. The number of fused-ring (bicyclic) bond motifs is 1. The number of carboxylic acids is 1. The third-order valence-electron chi connectivity index (χ3n) is 4.88.